The molecule has 0 spiro atoms. The van der Waals surface area contributed by atoms with E-state index in [0.29, 0.717) is 0 Å². The van der Waals surface area contributed by atoms with Crippen LogP contribution in [0.1, 0.15) is 6.42 Å². The predicted molar refractivity (Wildman–Crippen MR) is 35.0 cm³/mol. The summed E-state index contributed by atoms with van der Waals surface area (Å²) in [6.07, 6.45) is 3.02. The molecule has 0 bridgehead atoms. The third-order valence-electron chi connectivity index (χ3n) is 1.41. The van der Waals surface area contributed by atoms with E-state index in [-0.39, 0.29) is 6.04 Å². The van der Waals surface area contributed by atoms with Gasteiger partial charge in [-0.15, -0.1) is 0 Å². The maximum atomic E-state index is 10.1. The maximum Gasteiger partial charge on any atom is 0.218 e. The van der Waals surface area contributed by atoms with E-state index in [0.717, 1.165) is 26.1 Å². The van der Waals surface area contributed by atoms with Gasteiger partial charge in [-0.2, -0.15) is 0 Å². The van der Waals surface area contributed by atoms with Gasteiger partial charge in [0.05, 0.1) is 6.04 Å². The summed E-state index contributed by atoms with van der Waals surface area (Å²) in [5.41, 5.74) is 0. The molecular weight excluding hydrogens is 116 g/mol. The first-order chi connectivity index (χ1) is 4.43. The van der Waals surface area contributed by atoms with Crippen LogP contribution in [0, 0.1) is 0 Å². The molecule has 9 heavy (non-hydrogen) atoms. The van der Waals surface area contributed by atoms with Crippen molar-refractivity contribution in [2.75, 3.05) is 19.6 Å². The van der Waals surface area contributed by atoms with Gasteiger partial charge >= 0.3 is 0 Å². The smallest absolute Gasteiger partial charge is 0.218 e. The molecule has 1 radical (unpaired) electrons. The van der Waals surface area contributed by atoms with Crippen LogP contribution in [0.5, 0.6) is 0 Å². The third-order valence-corrected chi connectivity index (χ3v) is 1.41. The molecule has 3 nitrogen and oxygen atoms in total. The molecule has 0 saturated carbocycles. The lowest BCUT2D eigenvalue weighted by molar-refractivity contribution is 0.518. The summed E-state index contributed by atoms with van der Waals surface area (Å²) < 4.78 is 0. The van der Waals surface area contributed by atoms with E-state index in [1.54, 1.807) is 0 Å². The topological polar surface area (TPSA) is 41.1 Å². The van der Waals surface area contributed by atoms with Crippen molar-refractivity contribution in [1.82, 2.24) is 10.6 Å². The van der Waals surface area contributed by atoms with Crippen LogP contribution in [0.4, 0.5) is 0 Å². The van der Waals surface area contributed by atoms with Crippen molar-refractivity contribution < 1.29 is 4.79 Å². The van der Waals surface area contributed by atoms with Crippen LogP contribution >= 0.6 is 0 Å². The highest BCUT2D eigenvalue weighted by molar-refractivity contribution is 5.58. The molecule has 1 fully saturated rings. The molecule has 0 aromatic rings. The summed E-state index contributed by atoms with van der Waals surface area (Å²) in [5.74, 6) is 0. The molecule has 1 heterocycles. The lowest BCUT2D eigenvalue weighted by Crippen LogP contribution is -2.36. The standard InChI is InChI=1S/C6H11N2O/c9-5-6-4-7-2-1-3-8-6/h6-8H,1-4H2. The van der Waals surface area contributed by atoms with Crippen LogP contribution in [-0.2, 0) is 4.79 Å². The third kappa shape index (κ3) is 2.11. The zero-order chi connectivity index (χ0) is 6.53. The number of rotatable bonds is 1. The highest BCUT2D eigenvalue weighted by atomic mass is 16.1. The fourth-order valence-corrected chi connectivity index (χ4v) is 0.892. The second-order valence-electron chi connectivity index (χ2n) is 2.18. The maximum absolute atomic E-state index is 10.1. The highest BCUT2D eigenvalue weighted by Crippen LogP contribution is 1.84. The SMILES string of the molecule is O=[C]C1CNCCCN1. The van der Waals surface area contributed by atoms with Gasteiger partial charge in [0.2, 0.25) is 6.29 Å². The first-order valence-corrected chi connectivity index (χ1v) is 3.25. The van der Waals surface area contributed by atoms with Gasteiger partial charge in [-0.1, -0.05) is 0 Å². The van der Waals surface area contributed by atoms with Gasteiger partial charge < -0.3 is 10.6 Å². The molecule has 0 aromatic carbocycles. The average Bonchev–Trinajstić information content (AvgIpc) is 2.13. The molecular formula is C6H11N2O. The van der Waals surface area contributed by atoms with Gasteiger partial charge in [0.15, 0.2) is 0 Å². The Hall–Kier alpha value is -0.410. The van der Waals surface area contributed by atoms with Crippen LogP contribution < -0.4 is 10.6 Å². The molecule has 0 aliphatic carbocycles. The number of hydrogen-bond acceptors (Lipinski definition) is 3. The Morgan fingerprint density at radius 3 is 3.11 bits per heavy atom. The number of nitrogens with one attached hydrogen (secondary N) is 2. The zero-order valence-electron chi connectivity index (χ0n) is 5.31. The van der Waals surface area contributed by atoms with E-state index in [2.05, 4.69) is 10.6 Å². The van der Waals surface area contributed by atoms with Crippen molar-refractivity contribution in [2.45, 2.75) is 12.5 Å². The van der Waals surface area contributed by atoms with E-state index in [9.17, 15) is 4.79 Å². The predicted octanol–water partition coefficient (Wildman–Crippen LogP) is -0.952. The fraction of sp³-hybridized carbons (Fsp3) is 0.833. The summed E-state index contributed by atoms with van der Waals surface area (Å²) in [6, 6.07) is -0.0903. The Balaban J connectivity index is 2.26. The Bertz CT molecular complexity index is 87.1. The van der Waals surface area contributed by atoms with E-state index in [1.807, 2.05) is 6.29 Å². The lowest BCUT2D eigenvalue weighted by Gasteiger charge is -2.04. The highest BCUT2D eigenvalue weighted by Gasteiger charge is 2.08. The number of hydrogen-bond donors (Lipinski definition) is 2. The summed E-state index contributed by atoms with van der Waals surface area (Å²) in [5, 5.41) is 6.17. The van der Waals surface area contributed by atoms with E-state index >= 15 is 0 Å². The second kappa shape index (κ2) is 3.58. The lowest BCUT2D eigenvalue weighted by atomic mass is 10.3. The van der Waals surface area contributed by atoms with Crippen LogP contribution in [0.2, 0.25) is 0 Å². The normalized spacial score (nSPS) is 29.1. The molecule has 1 aliphatic heterocycles. The van der Waals surface area contributed by atoms with Gasteiger partial charge in [0, 0.05) is 6.54 Å². The Morgan fingerprint density at radius 1 is 1.44 bits per heavy atom. The van der Waals surface area contributed by atoms with Crippen molar-refractivity contribution >= 4 is 6.29 Å². The van der Waals surface area contributed by atoms with Crippen molar-refractivity contribution in [3.8, 4) is 0 Å². The molecule has 3 heteroatoms. The molecule has 1 unspecified atom stereocenters. The summed E-state index contributed by atoms with van der Waals surface area (Å²) >= 11 is 0. The summed E-state index contributed by atoms with van der Waals surface area (Å²) in [4.78, 5) is 10.1. The van der Waals surface area contributed by atoms with E-state index in [4.69, 9.17) is 0 Å². The minimum Gasteiger partial charge on any atom is -0.315 e. The monoisotopic (exact) mass is 127 g/mol. The molecule has 2 N–H and O–H groups in total. The first-order valence-electron chi connectivity index (χ1n) is 3.25. The van der Waals surface area contributed by atoms with Gasteiger partial charge in [0.25, 0.3) is 0 Å². The van der Waals surface area contributed by atoms with Crippen LogP contribution in [0.3, 0.4) is 0 Å². The fourth-order valence-electron chi connectivity index (χ4n) is 0.892. The van der Waals surface area contributed by atoms with Crippen molar-refractivity contribution in [2.24, 2.45) is 0 Å². The molecule has 1 saturated heterocycles. The molecule has 0 aromatic heterocycles. The molecule has 0 amide bonds. The van der Waals surface area contributed by atoms with E-state index < -0.39 is 0 Å². The minimum absolute atomic E-state index is 0.0903. The molecule has 1 aliphatic rings. The van der Waals surface area contributed by atoms with Crippen LogP contribution in [0.25, 0.3) is 0 Å². The second-order valence-corrected chi connectivity index (χ2v) is 2.18. The molecule has 1 rings (SSSR count). The zero-order valence-corrected chi connectivity index (χ0v) is 5.31. The Kier molecular flexibility index (Phi) is 2.67. The van der Waals surface area contributed by atoms with Gasteiger partial charge in [0.1, 0.15) is 0 Å². The van der Waals surface area contributed by atoms with Crippen molar-refractivity contribution in [3.63, 3.8) is 0 Å². The molecule has 1 atom stereocenters. The van der Waals surface area contributed by atoms with Crippen molar-refractivity contribution in [3.05, 3.63) is 0 Å². The van der Waals surface area contributed by atoms with Gasteiger partial charge in [-0.3, -0.25) is 4.79 Å². The quantitative estimate of drug-likeness (QED) is 0.477. The van der Waals surface area contributed by atoms with Crippen LogP contribution in [-0.4, -0.2) is 32.0 Å². The first kappa shape index (κ1) is 6.71. The number of carbonyl (C=O) groups excluding carboxylic acids is 1. The van der Waals surface area contributed by atoms with Gasteiger partial charge in [-0.25, -0.2) is 0 Å². The average molecular weight is 127 g/mol. The minimum atomic E-state index is -0.0903. The van der Waals surface area contributed by atoms with E-state index in [1.165, 1.54) is 0 Å². The Labute approximate surface area is 54.8 Å². The Morgan fingerprint density at radius 2 is 2.33 bits per heavy atom. The summed E-state index contributed by atoms with van der Waals surface area (Å²) in [7, 11) is 0. The van der Waals surface area contributed by atoms with Crippen LogP contribution in [0.15, 0.2) is 0 Å². The largest absolute Gasteiger partial charge is 0.315 e. The summed E-state index contributed by atoms with van der Waals surface area (Å²) in [6.45, 7) is 2.65. The molecule has 51 valence electrons. The van der Waals surface area contributed by atoms with Crippen molar-refractivity contribution in [1.29, 1.82) is 0 Å². The van der Waals surface area contributed by atoms with Gasteiger partial charge in [-0.05, 0) is 19.5 Å².